The SMILES string of the molecule is COc1ccc(CN(C)S(=O)(=O)C[C@@H](C)c2cc(NC(=O)c3ccc(F)cn3)ccc2F)cc1. The van der Waals surface area contributed by atoms with Crippen LogP contribution in [0.5, 0.6) is 5.75 Å². The highest BCUT2D eigenvalue weighted by atomic mass is 32.2. The van der Waals surface area contributed by atoms with Gasteiger partial charge in [0.2, 0.25) is 10.0 Å². The minimum atomic E-state index is -3.72. The molecule has 10 heteroatoms. The van der Waals surface area contributed by atoms with Crippen LogP contribution in [-0.2, 0) is 16.6 Å². The third-order valence-electron chi connectivity index (χ3n) is 5.24. The maximum Gasteiger partial charge on any atom is 0.274 e. The highest BCUT2D eigenvalue weighted by molar-refractivity contribution is 7.89. The van der Waals surface area contributed by atoms with Crippen LogP contribution in [0.2, 0.25) is 0 Å². The van der Waals surface area contributed by atoms with E-state index in [0.717, 1.165) is 23.9 Å². The van der Waals surface area contributed by atoms with Crippen molar-refractivity contribution in [1.29, 1.82) is 0 Å². The Kier molecular flexibility index (Phi) is 7.95. The maximum atomic E-state index is 14.5. The van der Waals surface area contributed by atoms with E-state index in [4.69, 9.17) is 4.74 Å². The number of nitrogens with zero attached hydrogens (tertiary/aromatic N) is 2. The van der Waals surface area contributed by atoms with Gasteiger partial charge in [-0.3, -0.25) is 4.79 Å². The monoisotopic (exact) mass is 489 g/mol. The van der Waals surface area contributed by atoms with Gasteiger partial charge in [0.1, 0.15) is 23.1 Å². The van der Waals surface area contributed by atoms with E-state index in [0.29, 0.717) is 5.75 Å². The molecular weight excluding hydrogens is 464 g/mol. The van der Waals surface area contributed by atoms with Crippen LogP contribution in [0.1, 0.15) is 34.5 Å². The highest BCUT2D eigenvalue weighted by Gasteiger charge is 2.24. The molecule has 0 saturated heterocycles. The van der Waals surface area contributed by atoms with Crippen molar-refractivity contribution in [2.75, 3.05) is 25.2 Å². The molecular formula is C24H25F2N3O4S. The summed E-state index contributed by atoms with van der Waals surface area (Å²) in [5.41, 5.74) is 1.18. The lowest BCUT2D eigenvalue weighted by Gasteiger charge is -2.21. The first kappa shape index (κ1) is 25.3. The summed E-state index contributed by atoms with van der Waals surface area (Å²) in [6.07, 6.45) is 0.917. The summed E-state index contributed by atoms with van der Waals surface area (Å²) in [4.78, 5) is 16.0. The molecule has 1 amide bonds. The number of carbonyl (C=O) groups excluding carboxylic acids is 1. The summed E-state index contributed by atoms with van der Waals surface area (Å²) in [6.45, 7) is 1.76. The first-order chi connectivity index (χ1) is 16.1. The summed E-state index contributed by atoms with van der Waals surface area (Å²) in [7, 11) is -0.704. The summed E-state index contributed by atoms with van der Waals surface area (Å²) >= 11 is 0. The van der Waals surface area contributed by atoms with Crippen molar-refractivity contribution >= 4 is 21.6 Å². The predicted molar refractivity (Wildman–Crippen MR) is 125 cm³/mol. The van der Waals surface area contributed by atoms with Crippen molar-refractivity contribution in [3.63, 3.8) is 0 Å². The number of benzene rings is 2. The number of methoxy groups -OCH3 is 1. The fourth-order valence-electron chi connectivity index (χ4n) is 3.32. The molecule has 2 aromatic carbocycles. The third-order valence-corrected chi connectivity index (χ3v) is 7.24. The Morgan fingerprint density at radius 1 is 1.12 bits per heavy atom. The number of rotatable bonds is 9. The highest BCUT2D eigenvalue weighted by Crippen LogP contribution is 2.26. The van der Waals surface area contributed by atoms with Gasteiger partial charge in [0.15, 0.2) is 0 Å². The van der Waals surface area contributed by atoms with Gasteiger partial charge in [0.05, 0.1) is 19.1 Å². The Balaban J connectivity index is 1.70. The largest absolute Gasteiger partial charge is 0.497 e. The second-order valence-corrected chi connectivity index (χ2v) is 9.96. The van der Waals surface area contributed by atoms with E-state index in [2.05, 4.69) is 10.3 Å². The molecule has 0 aliphatic carbocycles. The van der Waals surface area contributed by atoms with Crippen LogP contribution in [0.3, 0.4) is 0 Å². The number of ether oxygens (including phenoxy) is 1. The van der Waals surface area contributed by atoms with E-state index in [1.807, 2.05) is 0 Å². The molecule has 1 atom stereocenters. The van der Waals surface area contributed by atoms with E-state index in [9.17, 15) is 22.0 Å². The van der Waals surface area contributed by atoms with Crippen LogP contribution < -0.4 is 10.1 Å². The summed E-state index contributed by atoms with van der Waals surface area (Å²) in [5.74, 6) is -2.11. The second kappa shape index (κ2) is 10.7. The number of pyridine rings is 1. The Labute approximate surface area is 197 Å². The number of carbonyl (C=O) groups is 1. The van der Waals surface area contributed by atoms with Gasteiger partial charge in [-0.25, -0.2) is 26.5 Å². The van der Waals surface area contributed by atoms with Crippen molar-refractivity contribution in [2.45, 2.75) is 19.4 Å². The molecule has 1 N–H and O–H groups in total. The Bertz CT molecular complexity index is 1250. The number of halogens is 2. The van der Waals surface area contributed by atoms with Crippen LogP contribution in [0, 0.1) is 11.6 Å². The van der Waals surface area contributed by atoms with Gasteiger partial charge >= 0.3 is 0 Å². The number of aromatic nitrogens is 1. The maximum absolute atomic E-state index is 14.5. The molecule has 1 heterocycles. The molecule has 0 aliphatic rings. The fraction of sp³-hybridized carbons (Fsp3) is 0.250. The number of anilines is 1. The Hall–Kier alpha value is -3.37. The lowest BCUT2D eigenvalue weighted by Crippen LogP contribution is -2.30. The van der Waals surface area contributed by atoms with Crippen LogP contribution >= 0.6 is 0 Å². The number of hydrogen-bond donors (Lipinski definition) is 1. The van der Waals surface area contributed by atoms with Crippen molar-refractivity contribution in [1.82, 2.24) is 9.29 Å². The van der Waals surface area contributed by atoms with Gasteiger partial charge in [-0.05, 0) is 59.5 Å². The number of hydrogen-bond acceptors (Lipinski definition) is 5. The summed E-state index contributed by atoms with van der Waals surface area (Å²) in [6, 6.07) is 13.3. The van der Waals surface area contributed by atoms with Crippen molar-refractivity contribution < 1.29 is 26.7 Å². The van der Waals surface area contributed by atoms with Crippen LogP contribution in [0.15, 0.2) is 60.8 Å². The van der Waals surface area contributed by atoms with Crippen LogP contribution in [0.4, 0.5) is 14.5 Å². The van der Waals surface area contributed by atoms with Crippen LogP contribution in [-0.4, -0.2) is 43.5 Å². The molecule has 0 aliphatic heterocycles. The van der Waals surface area contributed by atoms with E-state index in [1.165, 1.54) is 29.6 Å². The number of amides is 1. The first-order valence-electron chi connectivity index (χ1n) is 10.4. The normalized spacial score (nSPS) is 12.4. The molecule has 0 radical (unpaired) electrons. The number of sulfonamides is 1. The smallest absolute Gasteiger partial charge is 0.274 e. The van der Waals surface area contributed by atoms with E-state index < -0.39 is 33.5 Å². The molecule has 180 valence electrons. The first-order valence-corrected chi connectivity index (χ1v) is 12.0. The molecule has 0 spiro atoms. The molecule has 0 saturated carbocycles. The zero-order valence-corrected chi connectivity index (χ0v) is 19.8. The van der Waals surface area contributed by atoms with Crippen molar-refractivity contribution in [3.8, 4) is 5.75 Å². The fourth-order valence-corrected chi connectivity index (χ4v) is 4.74. The quantitative estimate of drug-likeness (QED) is 0.487. The standard InChI is InChI=1S/C24H25F2N3O4S/c1-16(15-34(31,32)29(2)14-17-4-8-20(33-3)9-5-17)21-12-19(7-10-22(21)26)28-24(30)23-11-6-18(25)13-27-23/h4-13,16H,14-15H2,1-3H3,(H,28,30)/t16-/m1/s1. The van der Waals surface area contributed by atoms with Gasteiger partial charge < -0.3 is 10.1 Å². The third kappa shape index (κ3) is 6.36. The Morgan fingerprint density at radius 2 is 1.82 bits per heavy atom. The lowest BCUT2D eigenvalue weighted by atomic mass is 10.0. The molecule has 0 fully saturated rings. The predicted octanol–water partition coefficient (Wildman–Crippen LogP) is 4.19. The van der Waals surface area contributed by atoms with Gasteiger partial charge in [-0.1, -0.05) is 19.1 Å². The van der Waals surface area contributed by atoms with Crippen molar-refractivity contribution in [3.05, 3.63) is 89.2 Å². The van der Waals surface area contributed by atoms with Gasteiger partial charge in [-0.15, -0.1) is 0 Å². The summed E-state index contributed by atoms with van der Waals surface area (Å²) in [5, 5.41) is 2.57. The number of nitrogens with one attached hydrogen (secondary N) is 1. The van der Waals surface area contributed by atoms with E-state index in [-0.39, 0.29) is 29.2 Å². The van der Waals surface area contributed by atoms with E-state index >= 15 is 0 Å². The molecule has 3 aromatic rings. The molecule has 0 bridgehead atoms. The molecule has 7 nitrogen and oxygen atoms in total. The second-order valence-electron chi connectivity index (χ2n) is 7.84. The van der Waals surface area contributed by atoms with Gasteiger partial charge in [-0.2, -0.15) is 0 Å². The minimum Gasteiger partial charge on any atom is -0.497 e. The summed E-state index contributed by atoms with van der Waals surface area (Å²) < 4.78 is 59.7. The lowest BCUT2D eigenvalue weighted by molar-refractivity contribution is 0.102. The molecule has 3 rings (SSSR count). The molecule has 0 unspecified atom stereocenters. The van der Waals surface area contributed by atoms with Gasteiger partial charge in [0.25, 0.3) is 5.91 Å². The Morgan fingerprint density at radius 3 is 2.44 bits per heavy atom. The van der Waals surface area contributed by atoms with Crippen LogP contribution in [0.25, 0.3) is 0 Å². The zero-order valence-electron chi connectivity index (χ0n) is 19.0. The molecule has 1 aromatic heterocycles. The van der Waals surface area contributed by atoms with Crippen molar-refractivity contribution in [2.24, 2.45) is 0 Å². The minimum absolute atomic E-state index is 0.0111. The average molecular weight is 490 g/mol. The molecule has 34 heavy (non-hydrogen) atoms. The van der Waals surface area contributed by atoms with Gasteiger partial charge in [0, 0.05) is 19.3 Å². The zero-order chi connectivity index (χ0) is 24.9. The topological polar surface area (TPSA) is 88.6 Å². The van der Waals surface area contributed by atoms with E-state index in [1.54, 1.807) is 38.3 Å². The average Bonchev–Trinajstić information content (AvgIpc) is 2.80.